The summed E-state index contributed by atoms with van der Waals surface area (Å²) < 4.78 is 5.52. The molecule has 1 aliphatic heterocycles. The van der Waals surface area contributed by atoms with Gasteiger partial charge in [0.25, 0.3) is 5.91 Å². The summed E-state index contributed by atoms with van der Waals surface area (Å²) in [5.74, 6) is 1.16. The molecule has 7 heteroatoms. The van der Waals surface area contributed by atoms with Gasteiger partial charge in [-0.15, -0.1) is 12.4 Å². The molecule has 2 rings (SSSR count). The number of nitrogens with zero attached hydrogens (tertiary/aromatic N) is 1. The molecule has 1 heterocycles. The van der Waals surface area contributed by atoms with Crippen molar-refractivity contribution in [3.8, 4) is 5.75 Å². The van der Waals surface area contributed by atoms with Gasteiger partial charge in [0.1, 0.15) is 5.75 Å². The molecule has 0 bridgehead atoms. The molecule has 6 nitrogen and oxygen atoms in total. The summed E-state index contributed by atoms with van der Waals surface area (Å²) in [6, 6.07) is 9.33. The van der Waals surface area contributed by atoms with Crippen molar-refractivity contribution in [2.24, 2.45) is 17.6 Å². The SMILES string of the molecule is CC(C)CC(CN)NC(=O)C1CCN(C(=O)COc2ccccc2)CC1.Cl. The molecule has 3 N–H and O–H groups in total. The zero-order valence-electron chi connectivity index (χ0n) is 16.2. The molecule has 0 aromatic heterocycles. The second-order valence-electron chi connectivity index (χ2n) is 7.33. The van der Waals surface area contributed by atoms with Crippen LogP contribution < -0.4 is 15.8 Å². The molecular formula is C20H32ClN3O3. The lowest BCUT2D eigenvalue weighted by Crippen LogP contribution is -2.48. The van der Waals surface area contributed by atoms with Gasteiger partial charge in [-0.2, -0.15) is 0 Å². The van der Waals surface area contributed by atoms with Crippen LogP contribution >= 0.6 is 12.4 Å². The zero-order chi connectivity index (χ0) is 18.9. The summed E-state index contributed by atoms with van der Waals surface area (Å²) in [5.41, 5.74) is 5.76. The van der Waals surface area contributed by atoms with Gasteiger partial charge in [-0.1, -0.05) is 32.0 Å². The van der Waals surface area contributed by atoms with Crippen LogP contribution in [-0.2, 0) is 9.59 Å². The first-order valence-electron chi connectivity index (χ1n) is 9.45. The number of benzene rings is 1. The number of piperidine rings is 1. The Hall–Kier alpha value is -1.79. The summed E-state index contributed by atoms with van der Waals surface area (Å²) in [7, 11) is 0. The van der Waals surface area contributed by atoms with E-state index in [0.29, 0.717) is 44.1 Å². The van der Waals surface area contributed by atoms with E-state index in [2.05, 4.69) is 19.2 Å². The number of para-hydroxylation sites is 1. The van der Waals surface area contributed by atoms with Crippen LogP contribution in [0.2, 0.25) is 0 Å². The van der Waals surface area contributed by atoms with Crippen LogP contribution in [0.4, 0.5) is 0 Å². The highest BCUT2D eigenvalue weighted by molar-refractivity contribution is 5.85. The molecule has 1 fully saturated rings. The van der Waals surface area contributed by atoms with Gasteiger partial charge in [0.05, 0.1) is 0 Å². The molecule has 1 aromatic carbocycles. The molecule has 2 amide bonds. The molecule has 1 unspecified atom stereocenters. The van der Waals surface area contributed by atoms with Crippen LogP contribution in [0.25, 0.3) is 0 Å². The van der Waals surface area contributed by atoms with E-state index in [9.17, 15) is 9.59 Å². The van der Waals surface area contributed by atoms with Crippen LogP contribution in [0.3, 0.4) is 0 Å². The maximum atomic E-state index is 12.4. The Labute approximate surface area is 168 Å². The monoisotopic (exact) mass is 397 g/mol. The number of rotatable bonds is 8. The Balaban J connectivity index is 0.00000364. The Morgan fingerprint density at radius 1 is 1.22 bits per heavy atom. The van der Waals surface area contributed by atoms with Crippen molar-refractivity contribution in [2.75, 3.05) is 26.2 Å². The smallest absolute Gasteiger partial charge is 0.260 e. The predicted molar refractivity (Wildman–Crippen MR) is 109 cm³/mol. The molecule has 1 aromatic rings. The molecule has 27 heavy (non-hydrogen) atoms. The average Bonchev–Trinajstić information content (AvgIpc) is 2.66. The number of hydrogen-bond donors (Lipinski definition) is 2. The fourth-order valence-corrected chi connectivity index (χ4v) is 3.25. The standard InChI is InChI=1S/C20H31N3O3.ClH/c1-15(2)12-17(13-21)22-20(25)16-8-10-23(11-9-16)19(24)14-26-18-6-4-3-5-7-18;/h3-7,15-17H,8-14,21H2,1-2H3,(H,22,25);1H. The van der Waals surface area contributed by atoms with Gasteiger partial charge < -0.3 is 20.7 Å². The molecule has 1 atom stereocenters. The van der Waals surface area contributed by atoms with E-state index in [4.69, 9.17) is 10.5 Å². The third-order valence-electron chi connectivity index (χ3n) is 4.71. The zero-order valence-corrected chi connectivity index (χ0v) is 17.0. The summed E-state index contributed by atoms with van der Waals surface area (Å²) in [4.78, 5) is 26.5. The van der Waals surface area contributed by atoms with Gasteiger partial charge in [0.15, 0.2) is 6.61 Å². The molecule has 0 aliphatic carbocycles. The number of amides is 2. The van der Waals surface area contributed by atoms with Crippen LogP contribution in [0, 0.1) is 11.8 Å². The van der Waals surface area contributed by atoms with Crippen molar-refractivity contribution < 1.29 is 14.3 Å². The highest BCUT2D eigenvalue weighted by Crippen LogP contribution is 2.18. The highest BCUT2D eigenvalue weighted by Gasteiger charge is 2.28. The summed E-state index contributed by atoms with van der Waals surface area (Å²) >= 11 is 0. The lowest BCUT2D eigenvalue weighted by Gasteiger charge is -2.32. The third kappa shape index (κ3) is 7.77. The van der Waals surface area contributed by atoms with Crippen molar-refractivity contribution in [2.45, 2.75) is 39.2 Å². The second-order valence-corrected chi connectivity index (χ2v) is 7.33. The van der Waals surface area contributed by atoms with E-state index in [1.165, 1.54) is 0 Å². The van der Waals surface area contributed by atoms with Gasteiger partial charge in [0, 0.05) is 31.6 Å². The van der Waals surface area contributed by atoms with Crippen molar-refractivity contribution in [3.63, 3.8) is 0 Å². The van der Waals surface area contributed by atoms with Gasteiger partial charge in [-0.05, 0) is 37.3 Å². The Kier molecular flexibility index (Phi) is 10.2. The molecule has 0 radical (unpaired) electrons. The minimum Gasteiger partial charge on any atom is -0.484 e. The van der Waals surface area contributed by atoms with Gasteiger partial charge in [0.2, 0.25) is 5.91 Å². The van der Waals surface area contributed by atoms with Gasteiger partial charge in [-0.25, -0.2) is 0 Å². The molecule has 0 saturated carbocycles. The minimum atomic E-state index is -0.0460. The molecule has 1 saturated heterocycles. The lowest BCUT2D eigenvalue weighted by atomic mass is 9.94. The van der Waals surface area contributed by atoms with Crippen molar-refractivity contribution in [1.82, 2.24) is 10.2 Å². The van der Waals surface area contributed by atoms with Crippen molar-refractivity contribution >= 4 is 24.2 Å². The fourth-order valence-electron chi connectivity index (χ4n) is 3.25. The largest absolute Gasteiger partial charge is 0.484 e. The van der Waals surface area contributed by atoms with Crippen LogP contribution in [0.5, 0.6) is 5.75 Å². The first-order valence-corrected chi connectivity index (χ1v) is 9.45. The molecular weight excluding hydrogens is 366 g/mol. The molecule has 152 valence electrons. The molecule has 0 spiro atoms. The molecule has 1 aliphatic rings. The number of nitrogens with two attached hydrogens (primary N) is 1. The van der Waals surface area contributed by atoms with E-state index in [-0.39, 0.29) is 42.8 Å². The first-order chi connectivity index (χ1) is 12.5. The van der Waals surface area contributed by atoms with Crippen molar-refractivity contribution in [3.05, 3.63) is 30.3 Å². The number of ether oxygens (including phenoxy) is 1. The number of carbonyl (C=O) groups excluding carboxylic acids is 2. The van der Waals surface area contributed by atoms with Gasteiger partial charge in [-0.3, -0.25) is 9.59 Å². The minimum absolute atomic E-state index is 0. The van der Waals surface area contributed by atoms with Gasteiger partial charge >= 0.3 is 0 Å². The van der Waals surface area contributed by atoms with E-state index >= 15 is 0 Å². The summed E-state index contributed by atoms with van der Waals surface area (Å²) in [5, 5.41) is 3.07. The maximum absolute atomic E-state index is 12.4. The van der Waals surface area contributed by atoms with E-state index in [1.54, 1.807) is 4.90 Å². The quantitative estimate of drug-likeness (QED) is 0.704. The van der Waals surface area contributed by atoms with Crippen LogP contribution in [0.1, 0.15) is 33.1 Å². The average molecular weight is 398 g/mol. The highest BCUT2D eigenvalue weighted by atomic mass is 35.5. The Bertz CT molecular complexity index is 575. The van der Waals surface area contributed by atoms with Crippen LogP contribution in [0.15, 0.2) is 30.3 Å². The maximum Gasteiger partial charge on any atom is 0.260 e. The van der Waals surface area contributed by atoms with E-state index in [0.717, 1.165) is 6.42 Å². The first kappa shape index (κ1) is 23.2. The predicted octanol–water partition coefficient (Wildman–Crippen LogP) is 2.22. The number of halogens is 1. The Morgan fingerprint density at radius 2 is 1.85 bits per heavy atom. The van der Waals surface area contributed by atoms with E-state index < -0.39 is 0 Å². The summed E-state index contributed by atoms with van der Waals surface area (Å²) in [6.07, 6.45) is 2.25. The Morgan fingerprint density at radius 3 is 2.41 bits per heavy atom. The summed E-state index contributed by atoms with van der Waals surface area (Å²) in [6.45, 7) is 5.91. The number of carbonyl (C=O) groups is 2. The fraction of sp³-hybridized carbons (Fsp3) is 0.600. The number of nitrogens with one attached hydrogen (secondary N) is 1. The third-order valence-corrected chi connectivity index (χ3v) is 4.71. The number of hydrogen-bond acceptors (Lipinski definition) is 4. The van der Waals surface area contributed by atoms with Crippen molar-refractivity contribution in [1.29, 1.82) is 0 Å². The topological polar surface area (TPSA) is 84.7 Å². The van der Waals surface area contributed by atoms with E-state index in [1.807, 2.05) is 30.3 Å². The van der Waals surface area contributed by atoms with Crippen LogP contribution in [-0.4, -0.2) is 49.0 Å². The second kappa shape index (κ2) is 11.8. The lowest BCUT2D eigenvalue weighted by molar-refractivity contribution is -0.137. The normalized spacial score (nSPS) is 15.8. The number of likely N-dealkylation sites (tertiary alicyclic amines) is 1.